The van der Waals surface area contributed by atoms with E-state index in [4.69, 9.17) is 4.42 Å². The summed E-state index contributed by atoms with van der Waals surface area (Å²) in [5.41, 5.74) is 0. The number of furan rings is 1. The molecule has 2 aromatic rings. The Bertz CT molecular complexity index is 696. The van der Waals surface area contributed by atoms with E-state index in [-0.39, 0.29) is 5.91 Å². The van der Waals surface area contributed by atoms with Gasteiger partial charge in [0.05, 0.1) is 6.26 Å². The molecule has 0 spiro atoms. The number of carbonyl (C=O) groups excluding carboxylic acids is 1. The number of aromatic nitrogens is 2. The lowest BCUT2D eigenvalue weighted by atomic mass is 9.84. The molecule has 6 heteroatoms. The van der Waals surface area contributed by atoms with Gasteiger partial charge in [-0.2, -0.15) is 0 Å². The summed E-state index contributed by atoms with van der Waals surface area (Å²) in [6, 6.07) is 5.66. The van der Waals surface area contributed by atoms with Crippen LogP contribution in [0, 0.1) is 11.8 Å². The zero-order chi connectivity index (χ0) is 17.8. The van der Waals surface area contributed by atoms with E-state index >= 15 is 0 Å². The number of piperidine rings is 1. The quantitative estimate of drug-likeness (QED) is 0.826. The van der Waals surface area contributed by atoms with E-state index in [0.717, 1.165) is 57.2 Å². The highest BCUT2D eigenvalue weighted by atomic mass is 16.3. The Morgan fingerprint density at radius 2 is 1.85 bits per heavy atom. The molecule has 2 aromatic heterocycles. The zero-order valence-corrected chi connectivity index (χ0v) is 15.1. The molecule has 0 bridgehead atoms. The number of hydrogen-bond acceptors (Lipinski definition) is 5. The number of rotatable bonds is 5. The number of amides is 1. The Labute approximate surface area is 154 Å². The molecule has 2 fully saturated rings. The first-order valence-corrected chi connectivity index (χ1v) is 9.62. The molecule has 1 atom stereocenters. The van der Waals surface area contributed by atoms with Crippen molar-refractivity contribution in [3.05, 3.63) is 42.6 Å². The van der Waals surface area contributed by atoms with Gasteiger partial charge in [-0.3, -0.25) is 4.79 Å². The normalized spacial score (nSPS) is 21.3. The number of carbonyl (C=O) groups is 1. The first-order valence-electron chi connectivity index (χ1n) is 9.62. The molecule has 4 heterocycles. The van der Waals surface area contributed by atoms with Crippen LogP contribution in [0.25, 0.3) is 0 Å². The number of anilines is 1. The van der Waals surface area contributed by atoms with Crippen molar-refractivity contribution in [1.29, 1.82) is 0 Å². The smallest absolute Gasteiger partial charge is 0.225 e. The fraction of sp³-hybridized carbons (Fsp3) is 0.550. The van der Waals surface area contributed by atoms with Gasteiger partial charge in [0.2, 0.25) is 11.9 Å². The summed E-state index contributed by atoms with van der Waals surface area (Å²) in [4.78, 5) is 25.5. The zero-order valence-electron chi connectivity index (χ0n) is 15.1. The van der Waals surface area contributed by atoms with E-state index in [1.54, 1.807) is 18.7 Å². The molecule has 0 unspecified atom stereocenters. The molecule has 0 aromatic carbocycles. The van der Waals surface area contributed by atoms with Crippen molar-refractivity contribution in [1.82, 2.24) is 14.9 Å². The molecule has 1 amide bonds. The fourth-order valence-electron chi connectivity index (χ4n) is 4.27. The SMILES string of the molecule is O=C(CCc1ccco1)N1CC[C@@H](C2CCN(c3ncccn3)CC2)C1. The average Bonchev–Trinajstić information content (AvgIpc) is 3.39. The third kappa shape index (κ3) is 3.89. The minimum Gasteiger partial charge on any atom is -0.469 e. The second kappa shape index (κ2) is 7.89. The third-order valence-corrected chi connectivity index (χ3v) is 5.78. The molecule has 0 N–H and O–H groups in total. The Hall–Kier alpha value is -2.37. The molecule has 4 rings (SSSR count). The molecule has 0 aliphatic carbocycles. The highest BCUT2D eigenvalue weighted by molar-refractivity contribution is 5.76. The summed E-state index contributed by atoms with van der Waals surface area (Å²) in [5, 5.41) is 0. The van der Waals surface area contributed by atoms with Gasteiger partial charge in [0.25, 0.3) is 0 Å². The van der Waals surface area contributed by atoms with Gasteiger partial charge in [-0.05, 0) is 49.3 Å². The largest absolute Gasteiger partial charge is 0.469 e. The Balaban J connectivity index is 1.23. The molecular formula is C20H26N4O2. The van der Waals surface area contributed by atoms with Crippen LogP contribution >= 0.6 is 0 Å². The standard InChI is InChI=1S/C20H26N4O2/c25-19(5-4-18-3-1-14-26-18)24-13-8-17(15-24)16-6-11-23(12-7-16)20-21-9-2-10-22-20/h1-3,9-10,14,16-17H,4-8,11-13,15H2/t17-/m1/s1. The van der Waals surface area contributed by atoms with Gasteiger partial charge in [-0.15, -0.1) is 0 Å². The minimum atomic E-state index is 0.263. The summed E-state index contributed by atoms with van der Waals surface area (Å²) >= 11 is 0. The van der Waals surface area contributed by atoms with E-state index in [9.17, 15) is 4.79 Å². The van der Waals surface area contributed by atoms with Crippen LogP contribution in [0.3, 0.4) is 0 Å². The Morgan fingerprint density at radius 1 is 1.08 bits per heavy atom. The van der Waals surface area contributed by atoms with Crippen molar-refractivity contribution >= 4 is 11.9 Å². The number of hydrogen-bond donors (Lipinski definition) is 0. The molecule has 0 saturated carbocycles. The maximum atomic E-state index is 12.5. The first-order chi connectivity index (χ1) is 12.8. The van der Waals surface area contributed by atoms with Gasteiger partial charge < -0.3 is 14.2 Å². The molecule has 2 aliphatic heterocycles. The summed E-state index contributed by atoms with van der Waals surface area (Å²) in [6.45, 7) is 3.85. The van der Waals surface area contributed by atoms with E-state index in [1.807, 2.05) is 18.2 Å². The number of aryl methyl sites for hydroxylation is 1. The second-order valence-corrected chi connectivity index (χ2v) is 7.34. The minimum absolute atomic E-state index is 0.263. The van der Waals surface area contributed by atoms with Crippen LogP contribution in [0.5, 0.6) is 0 Å². The van der Waals surface area contributed by atoms with Crippen molar-refractivity contribution < 1.29 is 9.21 Å². The molecule has 2 saturated heterocycles. The van der Waals surface area contributed by atoms with Crippen LogP contribution in [0.15, 0.2) is 41.3 Å². The van der Waals surface area contributed by atoms with E-state index in [0.29, 0.717) is 24.7 Å². The van der Waals surface area contributed by atoms with Crippen LogP contribution < -0.4 is 4.90 Å². The average molecular weight is 354 g/mol. The van der Waals surface area contributed by atoms with Crippen molar-refractivity contribution in [2.75, 3.05) is 31.1 Å². The maximum Gasteiger partial charge on any atom is 0.225 e. The van der Waals surface area contributed by atoms with Gasteiger partial charge >= 0.3 is 0 Å². The van der Waals surface area contributed by atoms with Crippen LogP contribution in [-0.4, -0.2) is 47.0 Å². The van der Waals surface area contributed by atoms with Crippen LogP contribution in [0.4, 0.5) is 5.95 Å². The maximum absolute atomic E-state index is 12.5. The second-order valence-electron chi connectivity index (χ2n) is 7.34. The fourth-order valence-corrected chi connectivity index (χ4v) is 4.27. The van der Waals surface area contributed by atoms with Crippen molar-refractivity contribution in [3.63, 3.8) is 0 Å². The lowest BCUT2D eigenvalue weighted by Gasteiger charge is -2.34. The van der Waals surface area contributed by atoms with Crippen molar-refractivity contribution in [2.45, 2.75) is 32.1 Å². The van der Waals surface area contributed by atoms with Gasteiger partial charge in [-0.1, -0.05) is 0 Å². The van der Waals surface area contributed by atoms with E-state index < -0.39 is 0 Å². The third-order valence-electron chi connectivity index (χ3n) is 5.78. The Morgan fingerprint density at radius 3 is 2.58 bits per heavy atom. The summed E-state index contributed by atoms with van der Waals surface area (Å²) in [5.74, 6) is 3.34. The van der Waals surface area contributed by atoms with E-state index in [1.165, 1.54) is 0 Å². The predicted octanol–water partition coefficient (Wildman–Crippen LogP) is 2.77. The molecule has 26 heavy (non-hydrogen) atoms. The van der Waals surface area contributed by atoms with Crippen LogP contribution in [-0.2, 0) is 11.2 Å². The van der Waals surface area contributed by atoms with Gasteiger partial charge in [-0.25, -0.2) is 9.97 Å². The monoisotopic (exact) mass is 354 g/mol. The van der Waals surface area contributed by atoms with Gasteiger partial charge in [0.1, 0.15) is 5.76 Å². The van der Waals surface area contributed by atoms with Gasteiger partial charge in [0.15, 0.2) is 0 Å². The molecule has 0 radical (unpaired) electrons. The topological polar surface area (TPSA) is 62.5 Å². The lowest BCUT2D eigenvalue weighted by Crippen LogP contribution is -2.38. The van der Waals surface area contributed by atoms with E-state index in [2.05, 4.69) is 19.8 Å². The van der Waals surface area contributed by atoms with Crippen molar-refractivity contribution in [2.24, 2.45) is 11.8 Å². The first kappa shape index (κ1) is 17.1. The van der Waals surface area contributed by atoms with Crippen LogP contribution in [0.2, 0.25) is 0 Å². The highest BCUT2D eigenvalue weighted by Gasteiger charge is 2.33. The summed E-state index contributed by atoms with van der Waals surface area (Å²) in [7, 11) is 0. The number of likely N-dealkylation sites (tertiary alicyclic amines) is 1. The lowest BCUT2D eigenvalue weighted by molar-refractivity contribution is -0.130. The molecule has 138 valence electrons. The molecule has 2 aliphatic rings. The number of nitrogens with zero attached hydrogens (tertiary/aromatic N) is 4. The highest BCUT2D eigenvalue weighted by Crippen LogP contribution is 2.32. The van der Waals surface area contributed by atoms with Gasteiger partial charge in [0, 0.05) is 51.4 Å². The summed E-state index contributed by atoms with van der Waals surface area (Å²) < 4.78 is 5.32. The molecular weight excluding hydrogens is 328 g/mol. The molecule has 6 nitrogen and oxygen atoms in total. The summed E-state index contributed by atoms with van der Waals surface area (Å²) in [6.07, 6.45) is 9.98. The Kier molecular flexibility index (Phi) is 5.18. The van der Waals surface area contributed by atoms with Crippen LogP contribution in [0.1, 0.15) is 31.4 Å². The predicted molar refractivity (Wildman–Crippen MR) is 98.7 cm³/mol. The van der Waals surface area contributed by atoms with Crippen molar-refractivity contribution in [3.8, 4) is 0 Å².